The van der Waals surface area contributed by atoms with Gasteiger partial charge in [-0.25, -0.2) is 0 Å². The maximum absolute atomic E-state index is 11.9. The van der Waals surface area contributed by atoms with Gasteiger partial charge in [0.25, 0.3) is 10.0 Å². The first-order valence-corrected chi connectivity index (χ1v) is 8.63. The lowest BCUT2D eigenvalue weighted by Gasteiger charge is -2.08. The number of benzene rings is 1. The van der Waals surface area contributed by atoms with Crippen LogP contribution in [0.2, 0.25) is 5.02 Å². The minimum atomic E-state index is -3.72. The van der Waals surface area contributed by atoms with Gasteiger partial charge in [-0.05, 0) is 36.1 Å². The van der Waals surface area contributed by atoms with Crippen molar-refractivity contribution in [1.82, 2.24) is 0 Å². The van der Waals surface area contributed by atoms with E-state index in [2.05, 4.69) is 4.40 Å². The highest BCUT2D eigenvalue weighted by Gasteiger charge is 2.13. The fraction of sp³-hybridized carbons (Fsp3) is 0.154. The first-order valence-electron chi connectivity index (χ1n) is 5.93. The van der Waals surface area contributed by atoms with E-state index in [9.17, 15) is 13.5 Å². The van der Waals surface area contributed by atoms with Crippen molar-refractivity contribution in [3.63, 3.8) is 0 Å². The number of hydrogen-bond acceptors (Lipinski definition) is 5. The summed E-state index contributed by atoms with van der Waals surface area (Å²) < 4.78 is 32.8. The van der Waals surface area contributed by atoms with Crippen LogP contribution in [0.3, 0.4) is 0 Å². The zero-order valence-corrected chi connectivity index (χ0v) is 13.4. The highest BCUT2D eigenvalue weighted by atomic mass is 35.5. The van der Waals surface area contributed by atoms with E-state index in [1.807, 2.05) is 0 Å². The minimum Gasteiger partial charge on any atom is -0.503 e. The van der Waals surface area contributed by atoms with Crippen LogP contribution >= 0.6 is 22.9 Å². The third-order valence-corrected chi connectivity index (χ3v) is 5.34. The molecule has 0 radical (unpaired) electrons. The van der Waals surface area contributed by atoms with Crippen LogP contribution in [0.25, 0.3) is 0 Å². The predicted molar refractivity (Wildman–Crippen MR) is 83.4 cm³/mol. The van der Waals surface area contributed by atoms with E-state index < -0.39 is 10.0 Å². The third kappa shape index (κ3) is 3.75. The second kappa shape index (κ2) is 6.46. The standard InChI is InChI=1S/C13H12ClNO4S2/c1-2-19-11-7-9(6-10(14)13(11)16)8-15-21(17,18)12-4-3-5-20-12/h3-8,16H,2H2,1H3/b15-8-. The predicted octanol–water partition coefficient (Wildman–Crippen LogP) is 3.31. The Bertz CT molecular complexity index is 755. The number of sulfonamides is 1. The van der Waals surface area contributed by atoms with Crippen molar-refractivity contribution in [1.29, 1.82) is 0 Å². The van der Waals surface area contributed by atoms with Crippen molar-refractivity contribution in [2.24, 2.45) is 4.40 Å². The van der Waals surface area contributed by atoms with Gasteiger partial charge in [-0.2, -0.15) is 12.8 Å². The number of aromatic hydroxyl groups is 1. The zero-order valence-electron chi connectivity index (χ0n) is 11.0. The van der Waals surface area contributed by atoms with E-state index in [0.29, 0.717) is 12.2 Å². The van der Waals surface area contributed by atoms with E-state index >= 15 is 0 Å². The van der Waals surface area contributed by atoms with Crippen LogP contribution in [0, 0.1) is 0 Å². The summed E-state index contributed by atoms with van der Waals surface area (Å²) in [6.07, 6.45) is 1.17. The monoisotopic (exact) mass is 345 g/mol. The summed E-state index contributed by atoms with van der Waals surface area (Å²) >= 11 is 6.95. The summed E-state index contributed by atoms with van der Waals surface area (Å²) in [5.41, 5.74) is 0.418. The Morgan fingerprint density at radius 3 is 2.86 bits per heavy atom. The Labute approximate surface area is 131 Å². The lowest BCUT2D eigenvalue weighted by molar-refractivity contribution is 0.318. The van der Waals surface area contributed by atoms with Crippen LogP contribution in [0.1, 0.15) is 12.5 Å². The molecule has 1 N–H and O–H groups in total. The van der Waals surface area contributed by atoms with Gasteiger partial charge < -0.3 is 9.84 Å². The Morgan fingerprint density at radius 2 is 2.24 bits per heavy atom. The second-order valence-corrected chi connectivity index (χ2v) is 7.14. The Morgan fingerprint density at radius 1 is 1.48 bits per heavy atom. The molecule has 0 aliphatic heterocycles. The molecule has 5 nitrogen and oxygen atoms in total. The van der Waals surface area contributed by atoms with Crippen LogP contribution in [0.5, 0.6) is 11.5 Å². The molecular formula is C13H12ClNO4S2. The molecule has 1 heterocycles. The van der Waals surface area contributed by atoms with Gasteiger partial charge >= 0.3 is 0 Å². The van der Waals surface area contributed by atoms with Gasteiger partial charge in [0.1, 0.15) is 4.21 Å². The highest BCUT2D eigenvalue weighted by Crippen LogP contribution is 2.34. The number of phenolic OH excluding ortho intramolecular Hbond substituents is 1. The van der Waals surface area contributed by atoms with Gasteiger partial charge in [0.15, 0.2) is 11.5 Å². The van der Waals surface area contributed by atoms with E-state index in [4.69, 9.17) is 16.3 Å². The summed E-state index contributed by atoms with van der Waals surface area (Å²) in [4.78, 5) is 0. The topological polar surface area (TPSA) is 76.0 Å². The van der Waals surface area contributed by atoms with E-state index in [-0.39, 0.29) is 20.7 Å². The van der Waals surface area contributed by atoms with Crippen LogP contribution < -0.4 is 4.74 Å². The molecule has 0 atom stereocenters. The molecule has 0 aliphatic carbocycles. The van der Waals surface area contributed by atoms with Crippen molar-refractivity contribution in [3.05, 3.63) is 40.2 Å². The van der Waals surface area contributed by atoms with Gasteiger partial charge in [-0.15, -0.1) is 11.3 Å². The van der Waals surface area contributed by atoms with Crippen molar-refractivity contribution < 1.29 is 18.3 Å². The molecule has 2 aromatic rings. The molecule has 0 spiro atoms. The molecule has 0 amide bonds. The highest BCUT2D eigenvalue weighted by molar-refractivity contribution is 7.92. The molecule has 2 rings (SSSR count). The Hall–Kier alpha value is -1.57. The van der Waals surface area contributed by atoms with E-state index in [1.165, 1.54) is 24.4 Å². The zero-order chi connectivity index (χ0) is 15.5. The number of rotatable bonds is 5. The van der Waals surface area contributed by atoms with Crippen molar-refractivity contribution in [3.8, 4) is 11.5 Å². The molecule has 0 aliphatic rings. The normalized spacial score (nSPS) is 11.9. The lowest BCUT2D eigenvalue weighted by Crippen LogP contribution is -1.96. The average molecular weight is 346 g/mol. The average Bonchev–Trinajstić information content (AvgIpc) is 2.97. The van der Waals surface area contributed by atoms with Crippen LogP contribution in [0.15, 0.2) is 38.3 Å². The van der Waals surface area contributed by atoms with Crippen molar-refractivity contribution in [2.45, 2.75) is 11.1 Å². The van der Waals surface area contributed by atoms with Crippen molar-refractivity contribution >= 4 is 39.2 Å². The summed E-state index contributed by atoms with van der Waals surface area (Å²) in [7, 11) is -3.72. The number of hydrogen-bond donors (Lipinski definition) is 1. The molecule has 0 saturated carbocycles. The summed E-state index contributed by atoms with van der Waals surface area (Å²) in [6, 6.07) is 6.00. The minimum absolute atomic E-state index is 0.0657. The van der Waals surface area contributed by atoms with Crippen LogP contribution in [-0.2, 0) is 10.0 Å². The van der Waals surface area contributed by atoms with Crippen molar-refractivity contribution in [2.75, 3.05) is 6.61 Å². The van der Waals surface area contributed by atoms with Gasteiger partial charge in [0, 0.05) is 6.21 Å². The molecule has 1 aromatic heterocycles. The quantitative estimate of drug-likeness (QED) is 0.843. The van der Waals surface area contributed by atoms with Gasteiger partial charge in [0.2, 0.25) is 0 Å². The molecule has 21 heavy (non-hydrogen) atoms. The lowest BCUT2D eigenvalue weighted by atomic mass is 10.2. The van der Waals surface area contributed by atoms with E-state index in [1.54, 1.807) is 18.4 Å². The fourth-order valence-corrected chi connectivity index (χ4v) is 3.59. The first-order chi connectivity index (χ1) is 9.94. The first kappa shape index (κ1) is 15.8. The molecule has 0 bridgehead atoms. The summed E-state index contributed by atoms with van der Waals surface area (Å²) in [5, 5.41) is 11.4. The maximum Gasteiger partial charge on any atom is 0.291 e. The van der Waals surface area contributed by atoms with Gasteiger partial charge in [0.05, 0.1) is 11.6 Å². The molecule has 1 aromatic carbocycles. The molecule has 0 unspecified atom stereocenters. The Kier molecular flexibility index (Phi) is 4.87. The number of halogens is 1. The third-order valence-electron chi connectivity index (χ3n) is 2.44. The van der Waals surface area contributed by atoms with E-state index in [0.717, 1.165) is 11.3 Å². The Balaban J connectivity index is 2.34. The number of phenols is 1. The van der Waals surface area contributed by atoms with Crippen LogP contribution in [0.4, 0.5) is 0 Å². The number of thiophene rings is 1. The second-order valence-electron chi connectivity index (χ2n) is 3.92. The maximum atomic E-state index is 11.9. The molecule has 8 heteroatoms. The number of nitrogens with zero attached hydrogens (tertiary/aromatic N) is 1. The molecule has 0 saturated heterocycles. The SMILES string of the molecule is CCOc1cc(/C=N\S(=O)(=O)c2cccs2)cc(Cl)c1O. The largest absolute Gasteiger partial charge is 0.503 e. The summed E-state index contributed by atoms with van der Waals surface area (Å²) in [5.74, 6) is -0.00301. The summed E-state index contributed by atoms with van der Waals surface area (Å²) in [6.45, 7) is 2.10. The fourth-order valence-electron chi connectivity index (χ4n) is 1.53. The van der Waals surface area contributed by atoms with Crippen LogP contribution in [-0.4, -0.2) is 26.3 Å². The smallest absolute Gasteiger partial charge is 0.291 e. The molecule has 112 valence electrons. The molecule has 0 fully saturated rings. The molecular weight excluding hydrogens is 334 g/mol. The van der Waals surface area contributed by atoms with Gasteiger partial charge in [-0.3, -0.25) is 0 Å². The number of ether oxygens (including phenoxy) is 1. The van der Waals surface area contributed by atoms with Gasteiger partial charge in [-0.1, -0.05) is 17.7 Å².